The first-order valence-electron chi connectivity index (χ1n) is 11.0. The normalized spacial score (nSPS) is 19.5. The molecule has 0 saturated carbocycles. The zero-order valence-corrected chi connectivity index (χ0v) is 21.2. The number of nitrogens with one attached hydrogen (secondary N) is 2. The molecular weight excluding hydrogens is 501 g/mol. The van der Waals surface area contributed by atoms with Gasteiger partial charge < -0.3 is 15.4 Å². The number of guanidine groups is 1. The Bertz CT molecular complexity index is 774. The summed E-state index contributed by atoms with van der Waals surface area (Å²) in [4.78, 5) is 11.6. The topological polar surface area (TPSA) is 61.8 Å². The van der Waals surface area contributed by atoms with Gasteiger partial charge in [-0.25, -0.2) is 4.99 Å². The lowest BCUT2D eigenvalue weighted by molar-refractivity contribution is -0.0704. The zero-order valence-electron chi connectivity index (χ0n) is 18.9. The molecule has 2 unspecified atom stereocenters. The van der Waals surface area contributed by atoms with Crippen LogP contribution in [-0.4, -0.2) is 54.2 Å². The van der Waals surface area contributed by atoms with Crippen molar-refractivity contribution in [3.8, 4) is 0 Å². The molecule has 31 heavy (non-hydrogen) atoms. The Morgan fingerprint density at radius 2 is 1.77 bits per heavy atom. The number of ether oxygens (including phenoxy) is 1. The molecule has 1 saturated heterocycles. The summed E-state index contributed by atoms with van der Waals surface area (Å²) in [7, 11) is 0. The summed E-state index contributed by atoms with van der Waals surface area (Å²) in [5, 5.41) is 6.71. The molecule has 1 aliphatic rings. The lowest BCUT2D eigenvalue weighted by Crippen LogP contribution is -2.44. The Balaban J connectivity index is 0.00000341. The van der Waals surface area contributed by atoms with Crippen LogP contribution in [0.2, 0.25) is 0 Å². The molecule has 2 aromatic rings. The molecule has 2 heterocycles. The van der Waals surface area contributed by atoms with Crippen LogP contribution in [0.25, 0.3) is 0 Å². The highest BCUT2D eigenvalue weighted by Gasteiger charge is 2.21. The predicted molar refractivity (Wildman–Crippen MR) is 138 cm³/mol. The number of halogens is 1. The number of hydrogen-bond acceptors (Lipinski definition) is 4. The van der Waals surface area contributed by atoms with Crippen molar-refractivity contribution in [2.45, 2.75) is 52.5 Å². The smallest absolute Gasteiger partial charge is 0.191 e. The lowest BCUT2D eigenvalue weighted by Gasteiger charge is -2.35. The van der Waals surface area contributed by atoms with E-state index in [0.29, 0.717) is 18.8 Å². The summed E-state index contributed by atoms with van der Waals surface area (Å²) in [5.74, 6) is 0.841. The summed E-state index contributed by atoms with van der Waals surface area (Å²) in [5.41, 5.74) is 3.63. The van der Waals surface area contributed by atoms with Gasteiger partial charge in [-0.05, 0) is 44.0 Å². The van der Waals surface area contributed by atoms with Gasteiger partial charge >= 0.3 is 0 Å². The number of morpholine rings is 1. The molecule has 1 fully saturated rings. The number of pyridine rings is 1. The van der Waals surface area contributed by atoms with Crippen LogP contribution in [0, 0.1) is 0 Å². The minimum atomic E-state index is 0. The summed E-state index contributed by atoms with van der Waals surface area (Å²) in [6.07, 6.45) is 3.31. The van der Waals surface area contributed by atoms with E-state index in [4.69, 9.17) is 9.73 Å². The maximum atomic E-state index is 5.83. The zero-order chi connectivity index (χ0) is 21.2. The van der Waals surface area contributed by atoms with Gasteiger partial charge in [0.25, 0.3) is 0 Å². The largest absolute Gasteiger partial charge is 0.373 e. The van der Waals surface area contributed by atoms with Gasteiger partial charge in [-0.15, -0.1) is 24.0 Å². The average molecular weight is 537 g/mol. The van der Waals surface area contributed by atoms with E-state index in [0.717, 1.165) is 50.8 Å². The van der Waals surface area contributed by atoms with Crippen molar-refractivity contribution in [2.24, 2.45) is 4.99 Å². The van der Waals surface area contributed by atoms with Gasteiger partial charge in [-0.3, -0.25) is 9.88 Å². The van der Waals surface area contributed by atoms with Crippen LogP contribution in [0.3, 0.4) is 0 Å². The third-order valence-electron chi connectivity index (χ3n) is 5.09. The highest BCUT2D eigenvalue weighted by Crippen LogP contribution is 2.15. The predicted octanol–water partition coefficient (Wildman–Crippen LogP) is 3.61. The molecule has 1 aromatic heterocycles. The maximum Gasteiger partial charge on any atom is 0.191 e. The first-order valence-corrected chi connectivity index (χ1v) is 11.0. The molecule has 0 spiro atoms. The minimum Gasteiger partial charge on any atom is -0.373 e. The molecule has 0 amide bonds. The molecule has 0 aliphatic carbocycles. The van der Waals surface area contributed by atoms with Crippen LogP contribution in [0.4, 0.5) is 0 Å². The number of hydrogen-bond donors (Lipinski definition) is 2. The third kappa shape index (κ3) is 9.13. The van der Waals surface area contributed by atoms with E-state index in [1.807, 2.05) is 24.4 Å². The average Bonchev–Trinajstić information content (AvgIpc) is 2.73. The highest BCUT2D eigenvalue weighted by molar-refractivity contribution is 14.0. The van der Waals surface area contributed by atoms with Crippen LogP contribution >= 0.6 is 24.0 Å². The quantitative estimate of drug-likeness (QED) is 0.306. The van der Waals surface area contributed by atoms with Gasteiger partial charge in [0, 0.05) is 51.0 Å². The molecule has 0 radical (unpaired) electrons. The van der Waals surface area contributed by atoms with E-state index in [9.17, 15) is 0 Å². The highest BCUT2D eigenvalue weighted by atomic mass is 127. The van der Waals surface area contributed by atoms with Crippen LogP contribution in [-0.2, 0) is 24.2 Å². The summed E-state index contributed by atoms with van der Waals surface area (Å²) in [6, 6.07) is 14.8. The number of benzene rings is 1. The van der Waals surface area contributed by atoms with Gasteiger partial charge in [0.2, 0.25) is 0 Å². The third-order valence-corrected chi connectivity index (χ3v) is 5.09. The van der Waals surface area contributed by atoms with Gasteiger partial charge in [-0.1, -0.05) is 30.3 Å². The van der Waals surface area contributed by atoms with Crippen molar-refractivity contribution in [1.82, 2.24) is 20.5 Å². The van der Waals surface area contributed by atoms with Gasteiger partial charge in [0.05, 0.1) is 18.8 Å². The second-order valence-electron chi connectivity index (χ2n) is 7.96. The second-order valence-corrected chi connectivity index (χ2v) is 7.96. The van der Waals surface area contributed by atoms with Crippen molar-refractivity contribution in [2.75, 3.05) is 26.2 Å². The van der Waals surface area contributed by atoms with E-state index in [2.05, 4.69) is 65.6 Å². The number of aliphatic imine (C=N–C) groups is 1. The van der Waals surface area contributed by atoms with Crippen LogP contribution < -0.4 is 10.6 Å². The molecule has 1 aliphatic heterocycles. The standard InChI is InChI=1S/C24H35N5O.HI/c1-4-25-24(27-14-12-23-7-5-6-13-26-23)28-15-21-8-10-22(11-9-21)18-29-16-19(2)30-20(3)17-29;/h5-11,13,19-20H,4,12,14-18H2,1-3H3,(H2,25,27,28);1H. The van der Waals surface area contributed by atoms with E-state index < -0.39 is 0 Å². The lowest BCUT2D eigenvalue weighted by atomic mass is 10.1. The molecule has 2 atom stereocenters. The monoisotopic (exact) mass is 537 g/mol. The fraction of sp³-hybridized carbons (Fsp3) is 0.500. The number of rotatable bonds is 8. The molecular formula is C24H36IN5O. The van der Waals surface area contributed by atoms with Crippen molar-refractivity contribution < 1.29 is 4.74 Å². The van der Waals surface area contributed by atoms with Crippen molar-refractivity contribution in [3.05, 3.63) is 65.5 Å². The molecule has 170 valence electrons. The van der Waals surface area contributed by atoms with Crippen molar-refractivity contribution in [3.63, 3.8) is 0 Å². The fourth-order valence-electron chi connectivity index (χ4n) is 3.79. The Hall–Kier alpha value is -1.71. The molecule has 2 N–H and O–H groups in total. The van der Waals surface area contributed by atoms with E-state index >= 15 is 0 Å². The Morgan fingerprint density at radius 3 is 2.42 bits per heavy atom. The number of nitrogens with zero attached hydrogens (tertiary/aromatic N) is 3. The first kappa shape index (κ1) is 25.5. The van der Waals surface area contributed by atoms with Gasteiger partial charge in [-0.2, -0.15) is 0 Å². The van der Waals surface area contributed by atoms with Crippen molar-refractivity contribution >= 4 is 29.9 Å². The first-order chi connectivity index (χ1) is 14.6. The second kappa shape index (κ2) is 13.6. The van der Waals surface area contributed by atoms with Crippen molar-refractivity contribution in [1.29, 1.82) is 0 Å². The summed E-state index contributed by atoms with van der Waals surface area (Å²) >= 11 is 0. The van der Waals surface area contributed by atoms with Crippen LogP contribution in [0.15, 0.2) is 53.7 Å². The fourth-order valence-corrected chi connectivity index (χ4v) is 3.79. The molecule has 1 aromatic carbocycles. The molecule has 6 nitrogen and oxygen atoms in total. The van der Waals surface area contributed by atoms with E-state index in [-0.39, 0.29) is 24.0 Å². The van der Waals surface area contributed by atoms with Gasteiger partial charge in [0.1, 0.15) is 0 Å². The Labute approximate surface area is 203 Å². The Morgan fingerprint density at radius 1 is 1.06 bits per heavy atom. The SMILES string of the molecule is CCNC(=NCc1ccc(CN2CC(C)OC(C)C2)cc1)NCCc1ccccn1.I. The van der Waals surface area contributed by atoms with E-state index in [1.165, 1.54) is 11.1 Å². The minimum absolute atomic E-state index is 0. The Kier molecular flexibility index (Phi) is 11.2. The molecule has 7 heteroatoms. The summed E-state index contributed by atoms with van der Waals surface area (Å²) in [6.45, 7) is 11.6. The molecule has 0 bridgehead atoms. The van der Waals surface area contributed by atoms with Gasteiger partial charge in [0.15, 0.2) is 5.96 Å². The number of aromatic nitrogens is 1. The summed E-state index contributed by atoms with van der Waals surface area (Å²) < 4.78 is 5.83. The van der Waals surface area contributed by atoms with E-state index in [1.54, 1.807) is 0 Å². The van der Waals surface area contributed by atoms with Crippen LogP contribution in [0.1, 0.15) is 37.6 Å². The molecule has 3 rings (SSSR count). The van der Waals surface area contributed by atoms with Crippen LogP contribution in [0.5, 0.6) is 0 Å². The maximum absolute atomic E-state index is 5.83.